The molecule has 1 fully saturated rings. The first-order valence-corrected chi connectivity index (χ1v) is 9.79. The third-order valence-corrected chi connectivity index (χ3v) is 5.47. The lowest BCUT2D eigenvalue weighted by molar-refractivity contribution is 0.151. The molecule has 1 aromatic carbocycles. The molecule has 0 bridgehead atoms. The van der Waals surface area contributed by atoms with Crippen molar-refractivity contribution in [2.45, 2.75) is 37.0 Å². The number of nitrogen functional groups attached to an aromatic ring is 1. The van der Waals surface area contributed by atoms with Gasteiger partial charge >= 0.3 is 0 Å². The number of nitrogens with two attached hydrogens (primary N) is 1. The van der Waals surface area contributed by atoms with Crippen molar-refractivity contribution in [2.24, 2.45) is 0 Å². The summed E-state index contributed by atoms with van der Waals surface area (Å²) in [7, 11) is 0. The van der Waals surface area contributed by atoms with Crippen LogP contribution in [-0.4, -0.2) is 26.3 Å². The molecule has 0 aliphatic heterocycles. The average Bonchev–Trinajstić information content (AvgIpc) is 2.71. The van der Waals surface area contributed by atoms with Crippen LogP contribution in [-0.2, 0) is 0 Å². The SMILES string of the molecule is Nc1ncc(-c2ccc(-c3cccnc3OC3CCC(S)CC3)cc2F)cn1. The molecule has 7 heteroatoms. The van der Waals surface area contributed by atoms with E-state index in [1.807, 2.05) is 18.2 Å². The number of halogens is 1. The maximum Gasteiger partial charge on any atom is 0.221 e. The van der Waals surface area contributed by atoms with Crippen molar-refractivity contribution < 1.29 is 9.13 Å². The number of benzene rings is 1. The van der Waals surface area contributed by atoms with E-state index in [-0.39, 0.29) is 17.9 Å². The van der Waals surface area contributed by atoms with E-state index >= 15 is 0 Å². The summed E-state index contributed by atoms with van der Waals surface area (Å²) in [6.45, 7) is 0. The predicted molar refractivity (Wildman–Crippen MR) is 111 cm³/mol. The predicted octanol–water partition coefficient (Wildman–Crippen LogP) is 4.55. The van der Waals surface area contributed by atoms with Crippen LogP contribution in [0.5, 0.6) is 5.88 Å². The number of ether oxygens (including phenoxy) is 1. The van der Waals surface area contributed by atoms with Crippen molar-refractivity contribution in [3.63, 3.8) is 0 Å². The molecular formula is C21H21FN4OS. The van der Waals surface area contributed by atoms with Gasteiger partial charge in [-0.15, -0.1) is 0 Å². The molecule has 2 N–H and O–H groups in total. The Balaban J connectivity index is 1.61. The van der Waals surface area contributed by atoms with Crippen LogP contribution in [0.4, 0.5) is 10.3 Å². The van der Waals surface area contributed by atoms with E-state index in [2.05, 4.69) is 27.6 Å². The van der Waals surface area contributed by atoms with Gasteiger partial charge in [0.15, 0.2) is 0 Å². The Labute approximate surface area is 168 Å². The molecule has 1 aliphatic carbocycles. The molecule has 5 nitrogen and oxygen atoms in total. The maximum atomic E-state index is 14.8. The van der Waals surface area contributed by atoms with Gasteiger partial charge in [0.25, 0.3) is 0 Å². The third kappa shape index (κ3) is 4.09. The van der Waals surface area contributed by atoms with Gasteiger partial charge in [-0.05, 0) is 49.4 Å². The van der Waals surface area contributed by atoms with Gasteiger partial charge in [-0.1, -0.05) is 12.1 Å². The summed E-state index contributed by atoms with van der Waals surface area (Å²) in [5.74, 6) is 0.328. The van der Waals surface area contributed by atoms with Crippen LogP contribution in [0.1, 0.15) is 25.7 Å². The Bertz CT molecular complexity index is 959. The second-order valence-corrected chi connectivity index (χ2v) is 7.66. The molecule has 1 saturated carbocycles. The second-order valence-electron chi connectivity index (χ2n) is 6.93. The minimum absolute atomic E-state index is 0.119. The Morgan fingerprint density at radius 2 is 1.71 bits per heavy atom. The zero-order valence-electron chi connectivity index (χ0n) is 15.3. The van der Waals surface area contributed by atoms with Crippen molar-refractivity contribution in [2.75, 3.05) is 5.73 Å². The molecule has 0 unspecified atom stereocenters. The first-order valence-electron chi connectivity index (χ1n) is 9.27. The lowest BCUT2D eigenvalue weighted by Crippen LogP contribution is -2.24. The van der Waals surface area contributed by atoms with Crippen LogP contribution in [0, 0.1) is 5.82 Å². The highest BCUT2D eigenvalue weighted by Crippen LogP contribution is 2.34. The average molecular weight is 396 g/mol. The summed E-state index contributed by atoms with van der Waals surface area (Å²) in [4.78, 5) is 12.2. The number of pyridine rings is 1. The maximum absolute atomic E-state index is 14.8. The summed E-state index contributed by atoms with van der Waals surface area (Å²) in [6, 6.07) is 8.77. The number of hydrogen-bond donors (Lipinski definition) is 2. The number of nitrogens with zero attached hydrogens (tertiary/aromatic N) is 3. The Hall–Kier alpha value is -2.67. The van der Waals surface area contributed by atoms with Crippen LogP contribution in [0.25, 0.3) is 22.3 Å². The number of hydrogen-bond acceptors (Lipinski definition) is 6. The van der Waals surface area contributed by atoms with Crippen molar-refractivity contribution in [3.8, 4) is 28.1 Å². The first-order chi connectivity index (χ1) is 13.6. The highest BCUT2D eigenvalue weighted by molar-refractivity contribution is 7.80. The van der Waals surface area contributed by atoms with Gasteiger partial charge in [0, 0.05) is 40.5 Å². The van der Waals surface area contributed by atoms with Gasteiger partial charge in [-0.25, -0.2) is 19.3 Å². The minimum atomic E-state index is -0.365. The zero-order valence-corrected chi connectivity index (χ0v) is 16.1. The summed E-state index contributed by atoms with van der Waals surface area (Å²) in [6.07, 6.45) is 8.80. The van der Waals surface area contributed by atoms with Crippen molar-refractivity contribution >= 4 is 18.6 Å². The van der Waals surface area contributed by atoms with Crippen LogP contribution in [0.15, 0.2) is 48.9 Å². The van der Waals surface area contributed by atoms with Gasteiger partial charge in [-0.2, -0.15) is 12.6 Å². The summed E-state index contributed by atoms with van der Waals surface area (Å²) >= 11 is 4.53. The fourth-order valence-electron chi connectivity index (χ4n) is 3.42. The third-order valence-electron chi connectivity index (χ3n) is 4.96. The van der Waals surface area contributed by atoms with Crippen LogP contribution in [0.2, 0.25) is 0 Å². The van der Waals surface area contributed by atoms with E-state index in [0.717, 1.165) is 31.2 Å². The van der Waals surface area contributed by atoms with E-state index in [0.29, 0.717) is 27.8 Å². The minimum Gasteiger partial charge on any atom is -0.474 e. The molecule has 2 aromatic heterocycles. The summed E-state index contributed by atoms with van der Waals surface area (Å²) in [5, 5.41) is 0.446. The fraction of sp³-hybridized carbons (Fsp3) is 0.286. The monoisotopic (exact) mass is 396 g/mol. The van der Waals surface area contributed by atoms with Crippen LogP contribution >= 0.6 is 12.6 Å². The molecule has 3 aromatic rings. The quantitative estimate of drug-likeness (QED) is 0.633. The van der Waals surface area contributed by atoms with Crippen LogP contribution in [0.3, 0.4) is 0 Å². The molecule has 1 aliphatic rings. The molecule has 0 saturated heterocycles. The Morgan fingerprint density at radius 1 is 0.964 bits per heavy atom. The number of thiol groups is 1. The smallest absolute Gasteiger partial charge is 0.221 e. The topological polar surface area (TPSA) is 73.9 Å². The van der Waals surface area contributed by atoms with Crippen LogP contribution < -0.4 is 10.5 Å². The van der Waals surface area contributed by atoms with Gasteiger partial charge in [0.2, 0.25) is 11.8 Å². The summed E-state index contributed by atoms with van der Waals surface area (Å²) < 4.78 is 21.0. The molecule has 0 atom stereocenters. The Morgan fingerprint density at radius 3 is 2.43 bits per heavy atom. The molecule has 144 valence electrons. The zero-order chi connectivity index (χ0) is 19.5. The molecule has 0 radical (unpaired) electrons. The largest absolute Gasteiger partial charge is 0.474 e. The van der Waals surface area contributed by atoms with E-state index < -0.39 is 0 Å². The number of rotatable bonds is 4. The van der Waals surface area contributed by atoms with E-state index in [4.69, 9.17) is 10.5 Å². The molecular weight excluding hydrogens is 375 g/mol. The number of aromatic nitrogens is 3. The molecule has 28 heavy (non-hydrogen) atoms. The second kappa shape index (κ2) is 8.14. The van der Waals surface area contributed by atoms with Gasteiger partial charge in [0.1, 0.15) is 11.9 Å². The van der Waals surface area contributed by atoms with Crippen molar-refractivity contribution in [3.05, 3.63) is 54.7 Å². The van der Waals surface area contributed by atoms with E-state index in [1.54, 1.807) is 12.3 Å². The molecule has 0 amide bonds. The lowest BCUT2D eigenvalue weighted by Gasteiger charge is -2.26. The Kier molecular flexibility index (Phi) is 5.43. The van der Waals surface area contributed by atoms with E-state index in [1.165, 1.54) is 18.5 Å². The van der Waals surface area contributed by atoms with Crippen molar-refractivity contribution in [1.29, 1.82) is 0 Å². The standard InChI is InChI=1S/C21H21FN4OS/c22-19-10-13(3-8-17(19)14-11-25-21(23)26-12-14)18-2-1-9-24-20(18)27-15-4-6-16(28)7-5-15/h1-3,8-12,15-16,28H,4-7H2,(H2,23,25,26). The van der Waals surface area contributed by atoms with Gasteiger partial charge in [0.05, 0.1) is 0 Å². The highest BCUT2D eigenvalue weighted by Gasteiger charge is 2.22. The normalized spacial score (nSPS) is 19.4. The van der Waals surface area contributed by atoms with Gasteiger partial charge in [-0.3, -0.25) is 0 Å². The summed E-state index contributed by atoms with van der Waals surface area (Å²) in [5.41, 5.74) is 7.98. The number of anilines is 1. The molecule has 2 heterocycles. The highest BCUT2D eigenvalue weighted by atomic mass is 32.1. The fourth-order valence-corrected chi connectivity index (χ4v) is 3.72. The molecule has 0 spiro atoms. The van der Waals surface area contributed by atoms with Gasteiger partial charge < -0.3 is 10.5 Å². The lowest BCUT2D eigenvalue weighted by atomic mass is 9.97. The first kappa shape index (κ1) is 18.7. The van der Waals surface area contributed by atoms with Crippen molar-refractivity contribution in [1.82, 2.24) is 15.0 Å². The van der Waals surface area contributed by atoms with E-state index in [9.17, 15) is 4.39 Å². The molecule has 4 rings (SSSR count).